The number of benzene rings is 1. The van der Waals surface area contributed by atoms with Gasteiger partial charge >= 0.3 is 0 Å². The van der Waals surface area contributed by atoms with Crippen molar-refractivity contribution in [3.63, 3.8) is 0 Å². The standard InChI is InChI=1S/C24H27F3N8O3.C7H8O3S/c1-14-7-18(38-19-10-24(26,27)11-19)8-17(29-14)9-22(36)30-21-6-5-16(31-33-21)4-3-15(25)12-35-13-20(32-34-35)23(37)28-2;1-6-2-4-7(5-3-6)11(8,9)10/h5-8,13,15,19H,3-4,9-12H2,1-2H3,(H,28,37)(H,30,33,36);2-5H,1H3,(H,8,9,10). The fraction of sp³-hybridized carbons (Fsp3) is 0.387. The van der Waals surface area contributed by atoms with Gasteiger partial charge in [-0.15, -0.1) is 10.2 Å². The zero-order valence-electron chi connectivity index (χ0n) is 26.8. The minimum atomic E-state index is -4.02. The molecular weight excluding hydrogens is 669 g/mol. The highest BCUT2D eigenvalue weighted by molar-refractivity contribution is 7.85. The number of rotatable bonds is 12. The van der Waals surface area contributed by atoms with E-state index in [0.717, 1.165) is 5.56 Å². The second kappa shape index (κ2) is 16.0. The fourth-order valence-corrected chi connectivity index (χ4v) is 5.06. The molecule has 2 amide bonds. The molecule has 1 unspecified atom stereocenters. The van der Waals surface area contributed by atoms with E-state index in [4.69, 9.17) is 9.29 Å². The third-order valence-corrected chi connectivity index (χ3v) is 7.95. The van der Waals surface area contributed by atoms with Gasteiger partial charge < -0.3 is 15.4 Å². The van der Waals surface area contributed by atoms with E-state index < -0.39 is 34.2 Å². The van der Waals surface area contributed by atoms with Crippen molar-refractivity contribution >= 4 is 27.8 Å². The SMILES string of the molecule is CNC(=O)c1cn(CC(F)CCc2ccc(NC(=O)Cc3cc(OC4CC(F)(F)C4)cc(C)n3)nn2)nn1.Cc1ccc(S(=O)(=O)O)cc1. The van der Waals surface area contributed by atoms with Crippen LogP contribution in [0.3, 0.4) is 0 Å². The molecule has 18 heteroatoms. The fourth-order valence-electron chi connectivity index (χ4n) is 4.58. The van der Waals surface area contributed by atoms with E-state index in [1.165, 1.54) is 30.1 Å². The molecule has 49 heavy (non-hydrogen) atoms. The van der Waals surface area contributed by atoms with Crippen molar-refractivity contribution in [1.29, 1.82) is 0 Å². The number of amides is 2. The van der Waals surface area contributed by atoms with Gasteiger partial charge in [-0.1, -0.05) is 22.9 Å². The van der Waals surface area contributed by atoms with E-state index in [1.807, 2.05) is 6.92 Å². The molecule has 0 saturated heterocycles. The summed E-state index contributed by atoms with van der Waals surface area (Å²) in [6.07, 6.45) is -0.695. The van der Waals surface area contributed by atoms with Gasteiger partial charge in [-0.25, -0.2) is 17.9 Å². The van der Waals surface area contributed by atoms with Gasteiger partial charge in [0.25, 0.3) is 21.9 Å². The van der Waals surface area contributed by atoms with E-state index in [9.17, 15) is 31.2 Å². The number of nitrogens with zero attached hydrogens (tertiary/aromatic N) is 6. The highest BCUT2D eigenvalue weighted by Gasteiger charge is 2.47. The zero-order chi connectivity index (χ0) is 35.8. The van der Waals surface area contributed by atoms with Gasteiger partial charge in [0.2, 0.25) is 5.91 Å². The van der Waals surface area contributed by atoms with E-state index in [2.05, 4.69) is 36.1 Å². The lowest BCUT2D eigenvalue weighted by Crippen LogP contribution is -2.43. The van der Waals surface area contributed by atoms with Crippen molar-refractivity contribution in [1.82, 2.24) is 35.5 Å². The number of hydrogen-bond donors (Lipinski definition) is 3. The summed E-state index contributed by atoms with van der Waals surface area (Å²) in [6, 6.07) is 12.4. The monoisotopic (exact) mass is 704 g/mol. The van der Waals surface area contributed by atoms with Gasteiger partial charge in [-0.3, -0.25) is 19.1 Å². The predicted molar refractivity (Wildman–Crippen MR) is 170 cm³/mol. The molecule has 1 aliphatic carbocycles. The Bertz CT molecular complexity index is 1850. The number of carbonyl (C=O) groups is 2. The van der Waals surface area contributed by atoms with Gasteiger partial charge in [0.1, 0.15) is 18.0 Å². The third kappa shape index (κ3) is 11.6. The van der Waals surface area contributed by atoms with Crippen molar-refractivity contribution in [2.45, 2.75) is 75.6 Å². The van der Waals surface area contributed by atoms with Crippen LogP contribution in [0.25, 0.3) is 0 Å². The Morgan fingerprint density at radius 1 is 1.06 bits per heavy atom. The molecular formula is C31H35F3N8O6S. The van der Waals surface area contributed by atoms with Gasteiger partial charge in [0.15, 0.2) is 11.5 Å². The molecule has 0 radical (unpaired) electrons. The van der Waals surface area contributed by atoms with Crippen LogP contribution in [-0.2, 0) is 34.3 Å². The molecule has 1 aliphatic rings. The average molecular weight is 705 g/mol. The Balaban J connectivity index is 0.000000418. The molecule has 14 nitrogen and oxygen atoms in total. The number of aromatic nitrogens is 6. The van der Waals surface area contributed by atoms with Crippen molar-refractivity contribution in [3.05, 3.63) is 83.1 Å². The molecule has 0 aliphatic heterocycles. The Morgan fingerprint density at radius 3 is 2.39 bits per heavy atom. The number of anilines is 1. The number of alkyl halides is 3. The van der Waals surface area contributed by atoms with Crippen molar-refractivity contribution in [3.8, 4) is 5.75 Å². The third-order valence-electron chi connectivity index (χ3n) is 7.08. The number of aryl methyl sites for hydroxylation is 3. The largest absolute Gasteiger partial charge is 0.490 e. The van der Waals surface area contributed by atoms with Crippen LogP contribution in [0.15, 0.2) is 59.6 Å². The van der Waals surface area contributed by atoms with Crippen LogP contribution in [0.1, 0.15) is 52.4 Å². The highest BCUT2D eigenvalue weighted by atomic mass is 32.2. The lowest BCUT2D eigenvalue weighted by molar-refractivity contribution is -0.134. The van der Waals surface area contributed by atoms with Crippen LogP contribution in [0.4, 0.5) is 19.0 Å². The number of pyridine rings is 1. The summed E-state index contributed by atoms with van der Waals surface area (Å²) < 4.78 is 76.9. The maximum absolute atomic E-state index is 14.4. The van der Waals surface area contributed by atoms with Crippen LogP contribution in [-0.4, -0.2) is 80.2 Å². The molecule has 3 N–H and O–H groups in total. The molecule has 4 aromatic rings. The summed E-state index contributed by atoms with van der Waals surface area (Å²) in [5.74, 6) is -2.86. The predicted octanol–water partition coefficient (Wildman–Crippen LogP) is 3.70. The van der Waals surface area contributed by atoms with E-state index in [-0.39, 0.29) is 54.5 Å². The average Bonchev–Trinajstić information content (AvgIpc) is 3.47. The number of halogens is 3. The molecule has 262 valence electrons. The van der Waals surface area contributed by atoms with E-state index >= 15 is 0 Å². The van der Waals surface area contributed by atoms with Crippen molar-refractivity contribution in [2.75, 3.05) is 12.4 Å². The van der Waals surface area contributed by atoms with Crippen molar-refractivity contribution < 1.29 is 40.5 Å². The van der Waals surface area contributed by atoms with Gasteiger partial charge in [-0.05, 0) is 51.0 Å². The van der Waals surface area contributed by atoms with Crippen LogP contribution in [0, 0.1) is 13.8 Å². The van der Waals surface area contributed by atoms with Gasteiger partial charge in [0, 0.05) is 37.7 Å². The summed E-state index contributed by atoms with van der Waals surface area (Å²) in [5.41, 5.74) is 2.63. The molecule has 0 spiro atoms. The molecule has 5 rings (SSSR count). The summed E-state index contributed by atoms with van der Waals surface area (Å²) in [5, 5.41) is 20.5. The number of nitrogens with one attached hydrogen (secondary N) is 2. The Morgan fingerprint density at radius 2 is 1.78 bits per heavy atom. The molecule has 1 fully saturated rings. The maximum Gasteiger partial charge on any atom is 0.294 e. The second-order valence-corrected chi connectivity index (χ2v) is 12.8. The van der Waals surface area contributed by atoms with Crippen LogP contribution >= 0.6 is 0 Å². The Labute approximate surface area is 280 Å². The number of ether oxygens (including phenoxy) is 1. The van der Waals surface area contributed by atoms with E-state index in [1.54, 1.807) is 43.3 Å². The molecule has 1 atom stereocenters. The Hall–Kier alpha value is -4.97. The quantitative estimate of drug-likeness (QED) is 0.182. The second-order valence-electron chi connectivity index (χ2n) is 11.4. The first kappa shape index (κ1) is 36.9. The summed E-state index contributed by atoms with van der Waals surface area (Å²) in [4.78, 5) is 28.2. The first-order chi connectivity index (χ1) is 23.1. The van der Waals surface area contributed by atoms with E-state index in [0.29, 0.717) is 29.3 Å². The summed E-state index contributed by atoms with van der Waals surface area (Å²) in [7, 11) is -2.55. The maximum atomic E-state index is 14.4. The van der Waals surface area contributed by atoms with Crippen LogP contribution in [0.2, 0.25) is 0 Å². The topological polar surface area (TPSA) is 191 Å². The van der Waals surface area contributed by atoms with Gasteiger partial charge in [0.05, 0.1) is 35.4 Å². The summed E-state index contributed by atoms with van der Waals surface area (Å²) in [6.45, 7) is 3.51. The summed E-state index contributed by atoms with van der Waals surface area (Å²) >= 11 is 0. The first-order valence-corrected chi connectivity index (χ1v) is 16.5. The molecule has 3 aromatic heterocycles. The highest BCUT2D eigenvalue weighted by Crippen LogP contribution is 2.39. The number of hydrogen-bond acceptors (Lipinski definition) is 10. The minimum absolute atomic E-state index is 0.0571. The van der Waals surface area contributed by atoms with Crippen LogP contribution < -0.4 is 15.4 Å². The lowest BCUT2D eigenvalue weighted by atomic mass is 9.91. The smallest absolute Gasteiger partial charge is 0.294 e. The van der Waals surface area contributed by atoms with Gasteiger partial charge in [-0.2, -0.15) is 13.5 Å². The Kier molecular flexibility index (Phi) is 12.0. The molecule has 3 heterocycles. The molecule has 1 aromatic carbocycles. The lowest BCUT2D eigenvalue weighted by Gasteiger charge is -2.34. The minimum Gasteiger partial charge on any atom is -0.490 e. The molecule has 0 bridgehead atoms. The first-order valence-electron chi connectivity index (χ1n) is 15.0. The normalized spacial score (nSPS) is 14.5. The van der Waals surface area contributed by atoms with Crippen molar-refractivity contribution in [2.24, 2.45) is 0 Å². The van der Waals surface area contributed by atoms with Crippen LogP contribution in [0.5, 0.6) is 5.75 Å². The number of carbonyl (C=O) groups excluding carboxylic acids is 2. The molecule has 1 saturated carbocycles. The zero-order valence-corrected chi connectivity index (χ0v) is 27.6.